The molecule has 2 aromatic heterocycles. The number of rotatable bonds is 2. The summed E-state index contributed by atoms with van der Waals surface area (Å²) in [5.74, 6) is 0.958. The Morgan fingerprint density at radius 2 is 2.29 bits per heavy atom. The fourth-order valence-corrected chi connectivity index (χ4v) is 1.61. The van der Waals surface area contributed by atoms with Gasteiger partial charge in [0.2, 0.25) is 0 Å². The number of aromatic nitrogens is 2. The maximum absolute atomic E-state index is 11.3. The van der Waals surface area contributed by atoms with E-state index >= 15 is 0 Å². The van der Waals surface area contributed by atoms with Gasteiger partial charge in [-0.25, -0.2) is 4.98 Å². The minimum Gasteiger partial charge on any atom is -0.303 e. The zero-order valence-electron chi connectivity index (χ0n) is 8.32. The summed E-state index contributed by atoms with van der Waals surface area (Å²) >= 11 is 0. The molecule has 0 fully saturated rings. The maximum Gasteiger partial charge on any atom is 0.180 e. The summed E-state index contributed by atoms with van der Waals surface area (Å²) in [5.41, 5.74) is 1.47. The number of carbonyl (C=O) groups is 1. The molecule has 0 unspecified atom stereocenters. The average molecular weight is 188 g/mol. The quantitative estimate of drug-likeness (QED) is 0.676. The highest BCUT2D eigenvalue weighted by molar-refractivity contribution is 5.99. The lowest BCUT2D eigenvalue weighted by atomic mass is 10.2. The third-order valence-corrected chi connectivity index (χ3v) is 2.27. The van der Waals surface area contributed by atoms with E-state index in [1.165, 1.54) is 0 Å². The molecule has 2 aromatic rings. The molecule has 0 amide bonds. The van der Waals surface area contributed by atoms with Gasteiger partial charge in [-0.15, -0.1) is 0 Å². The highest BCUT2D eigenvalue weighted by Gasteiger charge is 2.11. The van der Waals surface area contributed by atoms with E-state index in [-0.39, 0.29) is 5.78 Å². The number of ketones is 1. The molecule has 0 radical (unpaired) electrons. The summed E-state index contributed by atoms with van der Waals surface area (Å²) < 4.78 is 1.97. The Labute approximate surface area is 82.4 Å². The monoisotopic (exact) mass is 188 g/mol. The lowest BCUT2D eigenvalue weighted by Crippen LogP contribution is -1.92. The molecule has 3 heteroatoms. The summed E-state index contributed by atoms with van der Waals surface area (Å²) in [6.07, 6.45) is 2.77. The normalized spacial score (nSPS) is 10.7. The Kier molecular flexibility index (Phi) is 2.08. The topological polar surface area (TPSA) is 34.4 Å². The van der Waals surface area contributed by atoms with Gasteiger partial charge in [-0.1, -0.05) is 13.0 Å². The van der Waals surface area contributed by atoms with Gasteiger partial charge in [-0.2, -0.15) is 0 Å². The number of pyridine rings is 1. The van der Waals surface area contributed by atoms with Gasteiger partial charge in [0, 0.05) is 19.5 Å². The van der Waals surface area contributed by atoms with Crippen LogP contribution in [0, 0.1) is 0 Å². The van der Waals surface area contributed by atoms with Gasteiger partial charge < -0.3 is 4.40 Å². The van der Waals surface area contributed by atoms with Crippen molar-refractivity contribution in [1.29, 1.82) is 0 Å². The Bertz CT molecular complexity index is 485. The van der Waals surface area contributed by atoms with Gasteiger partial charge in [0.15, 0.2) is 5.78 Å². The molecule has 72 valence electrons. The van der Waals surface area contributed by atoms with Gasteiger partial charge in [0.05, 0.1) is 5.52 Å². The molecule has 0 aromatic carbocycles. The van der Waals surface area contributed by atoms with E-state index in [1.54, 1.807) is 6.92 Å². The predicted molar refractivity (Wildman–Crippen MR) is 54.6 cm³/mol. The van der Waals surface area contributed by atoms with Crippen LogP contribution in [0.5, 0.6) is 0 Å². The van der Waals surface area contributed by atoms with Crippen molar-refractivity contribution in [2.45, 2.75) is 20.3 Å². The van der Waals surface area contributed by atoms with Crippen molar-refractivity contribution in [3.05, 3.63) is 35.9 Å². The smallest absolute Gasteiger partial charge is 0.180 e. The number of fused-ring (bicyclic) bond motifs is 1. The molecule has 0 aliphatic heterocycles. The summed E-state index contributed by atoms with van der Waals surface area (Å²) in [6, 6.07) is 5.78. The van der Waals surface area contributed by atoms with Crippen LogP contribution < -0.4 is 0 Å². The molecule has 0 saturated carbocycles. The second-order valence-corrected chi connectivity index (χ2v) is 3.24. The van der Waals surface area contributed by atoms with Crippen molar-refractivity contribution < 1.29 is 4.79 Å². The number of imidazole rings is 1. The average Bonchev–Trinajstić information content (AvgIpc) is 2.56. The van der Waals surface area contributed by atoms with Crippen molar-refractivity contribution in [3.63, 3.8) is 0 Å². The van der Waals surface area contributed by atoms with E-state index in [1.807, 2.05) is 35.7 Å². The van der Waals surface area contributed by atoms with E-state index in [2.05, 4.69) is 4.98 Å². The third-order valence-electron chi connectivity index (χ3n) is 2.27. The molecule has 0 bridgehead atoms. The highest BCUT2D eigenvalue weighted by atomic mass is 16.1. The fourth-order valence-electron chi connectivity index (χ4n) is 1.61. The third kappa shape index (κ3) is 1.21. The standard InChI is InChI=1S/C11H12N2O/c1-3-10-12-11(8(2)14)9-6-4-5-7-13(9)10/h4-7H,3H2,1-2H3. The first kappa shape index (κ1) is 8.94. The number of aryl methyl sites for hydroxylation is 1. The van der Waals surface area contributed by atoms with Crippen molar-refractivity contribution >= 4 is 11.3 Å². The first-order valence-corrected chi connectivity index (χ1v) is 4.71. The van der Waals surface area contributed by atoms with Crippen LogP contribution >= 0.6 is 0 Å². The van der Waals surface area contributed by atoms with Crippen LogP contribution in [0.1, 0.15) is 30.2 Å². The lowest BCUT2D eigenvalue weighted by Gasteiger charge is -1.95. The van der Waals surface area contributed by atoms with Crippen LogP contribution in [0.15, 0.2) is 24.4 Å². The zero-order valence-corrected chi connectivity index (χ0v) is 8.32. The molecule has 0 saturated heterocycles. The van der Waals surface area contributed by atoms with E-state index in [0.717, 1.165) is 17.8 Å². The molecule has 3 nitrogen and oxygen atoms in total. The first-order valence-electron chi connectivity index (χ1n) is 4.71. The Hall–Kier alpha value is -1.64. The Balaban J connectivity index is 2.80. The van der Waals surface area contributed by atoms with Gasteiger partial charge in [0.25, 0.3) is 0 Å². The molecule has 2 heterocycles. The van der Waals surface area contributed by atoms with Gasteiger partial charge >= 0.3 is 0 Å². The summed E-state index contributed by atoms with van der Waals surface area (Å²) in [4.78, 5) is 15.6. The molecule has 0 N–H and O–H groups in total. The Morgan fingerprint density at radius 3 is 2.93 bits per heavy atom. The number of nitrogens with zero attached hydrogens (tertiary/aromatic N) is 2. The minimum atomic E-state index is 0.0217. The molecular weight excluding hydrogens is 176 g/mol. The lowest BCUT2D eigenvalue weighted by molar-refractivity contribution is 0.101. The molecule has 0 aliphatic rings. The molecule has 0 atom stereocenters. The minimum absolute atomic E-state index is 0.0217. The number of carbonyl (C=O) groups excluding carboxylic acids is 1. The SMILES string of the molecule is CCc1nc(C(C)=O)c2ccccn12. The molecule has 14 heavy (non-hydrogen) atoms. The van der Waals surface area contributed by atoms with Crippen LogP contribution in [0.2, 0.25) is 0 Å². The summed E-state index contributed by atoms with van der Waals surface area (Å²) in [7, 11) is 0. The van der Waals surface area contributed by atoms with Crippen LogP contribution in [-0.4, -0.2) is 15.2 Å². The fraction of sp³-hybridized carbons (Fsp3) is 0.273. The van der Waals surface area contributed by atoms with Crippen molar-refractivity contribution in [3.8, 4) is 0 Å². The molecule has 0 aliphatic carbocycles. The van der Waals surface area contributed by atoms with Crippen LogP contribution in [-0.2, 0) is 6.42 Å². The van der Waals surface area contributed by atoms with E-state index in [9.17, 15) is 4.79 Å². The van der Waals surface area contributed by atoms with E-state index in [0.29, 0.717) is 5.69 Å². The molecule has 0 spiro atoms. The zero-order chi connectivity index (χ0) is 10.1. The summed E-state index contributed by atoms with van der Waals surface area (Å²) in [5, 5.41) is 0. The number of Topliss-reactive ketones (excluding diaryl/α,β-unsaturated/α-hetero) is 1. The highest BCUT2D eigenvalue weighted by Crippen LogP contribution is 2.13. The van der Waals surface area contributed by atoms with Gasteiger partial charge in [-0.3, -0.25) is 4.79 Å². The van der Waals surface area contributed by atoms with Crippen molar-refractivity contribution in [1.82, 2.24) is 9.38 Å². The van der Waals surface area contributed by atoms with Crippen LogP contribution in [0.3, 0.4) is 0 Å². The molecular formula is C11H12N2O. The largest absolute Gasteiger partial charge is 0.303 e. The first-order chi connectivity index (χ1) is 6.74. The van der Waals surface area contributed by atoms with Crippen LogP contribution in [0.4, 0.5) is 0 Å². The van der Waals surface area contributed by atoms with E-state index in [4.69, 9.17) is 0 Å². The van der Waals surface area contributed by atoms with Crippen LogP contribution in [0.25, 0.3) is 5.52 Å². The van der Waals surface area contributed by atoms with Crippen molar-refractivity contribution in [2.75, 3.05) is 0 Å². The summed E-state index contributed by atoms with van der Waals surface area (Å²) in [6.45, 7) is 3.58. The molecule has 2 rings (SSSR count). The number of hydrogen-bond acceptors (Lipinski definition) is 2. The van der Waals surface area contributed by atoms with Crippen molar-refractivity contribution in [2.24, 2.45) is 0 Å². The number of hydrogen-bond donors (Lipinski definition) is 0. The second-order valence-electron chi connectivity index (χ2n) is 3.24. The predicted octanol–water partition coefficient (Wildman–Crippen LogP) is 2.10. The second kappa shape index (κ2) is 3.25. The van der Waals surface area contributed by atoms with Gasteiger partial charge in [0.1, 0.15) is 11.5 Å². The van der Waals surface area contributed by atoms with E-state index < -0.39 is 0 Å². The Morgan fingerprint density at radius 1 is 1.50 bits per heavy atom. The maximum atomic E-state index is 11.3. The van der Waals surface area contributed by atoms with Gasteiger partial charge in [-0.05, 0) is 12.1 Å².